The number of aryl methyl sites for hydroxylation is 2. The molecule has 7 heteroatoms. The van der Waals surface area contributed by atoms with Crippen LogP contribution in [0.1, 0.15) is 36.6 Å². The SMILES string of the molecule is Cc1cc(OCCCCn2c(C3CC(=O)N(c4ccccc4Cl)C3)nc3ccccc32)ccc1Cl. The van der Waals surface area contributed by atoms with E-state index in [4.69, 9.17) is 32.9 Å². The van der Waals surface area contributed by atoms with E-state index in [9.17, 15) is 4.79 Å². The van der Waals surface area contributed by atoms with Crippen molar-refractivity contribution >= 4 is 45.8 Å². The molecule has 3 aromatic carbocycles. The first-order chi connectivity index (χ1) is 17.0. The lowest BCUT2D eigenvalue weighted by Crippen LogP contribution is -2.24. The van der Waals surface area contributed by atoms with Gasteiger partial charge in [0.05, 0.1) is 28.4 Å². The van der Waals surface area contributed by atoms with E-state index in [0.717, 1.165) is 58.3 Å². The number of amides is 1. The van der Waals surface area contributed by atoms with Gasteiger partial charge in [0, 0.05) is 30.5 Å². The number of fused-ring (bicyclic) bond motifs is 1. The number of unbranched alkanes of at least 4 members (excludes halogenated alkanes) is 1. The topological polar surface area (TPSA) is 47.4 Å². The van der Waals surface area contributed by atoms with Crippen LogP contribution in [0.3, 0.4) is 0 Å². The number of anilines is 1. The minimum atomic E-state index is 0.0134. The van der Waals surface area contributed by atoms with Crippen molar-refractivity contribution in [1.29, 1.82) is 0 Å². The average molecular weight is 508 g/mol. The summed E-state index contributed by atoms with van der Waals surface area (Å²) < 4.78 is 8.19. The van der Waals surface area contributed by atoms with E-state index >= 15 is 0 Å². The van der Waals surface area contributed by atoms with E-state index in [2.05, 4.69) is 10.6 Å². The molecule has 0 saturated carbocycles. The fourth-order valence-corrected chi connectivity index (χ4v) is 5.05. The number of halogens is 2. The molecule has 0 radical (unpaired) electrons. The van der Waals surface area contributed by atoms with Gasteiger partial charge in [-0.15, -0.1) is 0 Å². The Morgan fingerprint density at radius 1 is 1.00 bits per heavy atom. The first kappa shape index (κ1) is 23.7. The molecule has 0 N–H and O–H groups in total. The quantitative estimate of drug-likeness (QED) is 0.240. The number of hydrogen-bond donors (Lipinski definition) is 0. The van der Waals surface area contributed by atoms with Gasteiger partial charge in [-0.2, -0.15) is 0 Å². The van der Waals surface area contributed by atoms with Gasteiger partial charge in [-0.1, -0.05) is 47.5 Å². The number of nitrogens with zero attached hydrogens (tertiary/aromatic N) is 3. The molecule has 1 fully saturated rings. The van der Waals surface area contributed by atoms with Gasteiger partial charge in [0.1, 0.15) is 11.6 Å². The number of carbonyl (C=O) groups excluding carboxylic acids is 1. The fourth-order valence-electron chi connectivity index (χ4n) is 4.69. The van der Waals surface area contributed by atoms with Gasteiger partial charge < -0.3 is 14.2 Å². The maximum absolute atomic E-state index is 12.9. The highest BCUT2D eigenvalue weighted by Gasteiger charge is 2.35. The molecule has 4 aromatic rings. The van der Waals surface area contributed by atoms with Crippen molar-refractivity contribution in [2.24, 2.45) is 0 Å². The molecule has 5 rings (SSSR count). The van der Waals surface area contributed by atoms with Crippen LogP contribution >= 0.6 is 23.2 Å². The van der Waals surface area contributed by atoms with Crippen LogP contribution in [0.15, 0.2) is 66.7 Å². The average Bonchev–Trinajstić information content (AvgIpc) is 3.42. The van der Waals surface area contributed by atoms with E-state index < -0.39 is 0 Å². The minimum Gasteiger partial charge on any atom is -0.494 e. The Balaban J connectivity index is 1.29. The van der Waals surface area contributed by atoms with Crippen LogP contribution in [0.4, 0.5) is 5.69 Å². The summed E-state index contributed by atoms with van der Waals surface area (Å²) in [5.41, 5.74) is 3.83. The third-order valence-electron chi connectivity index (χ3n) is 6.49. The zero-order valence-corrected chi connectivity index (χ0v) is 21.1. The molecule has 2 heterocycles. The van der Waals surface area contributed by atoms with Crippen molar-refractivity contribution in [3.05, 3.63) is 88.2 Å². The smallest absolute Gasteiger partial charge is 0.227 e. The van der Waals surface area contributed by atoms with E-state index in [1.54, 1.807) is 4.90 Å². The molecular weight excluding hydrogens is 481 g/mol. The van der Waals surface area contributed by atoms with E-state index in [0.29, 0.717) is 24.6 Å². The number of benzene rings is 3. The van der Waals surface area contributed by atoms with Crippen molar-refractivity contribution in [1.82, 2.24) is 9.55 Å². The number of para-hydroxylation sites is 3. The summed E-state index contributed by atoms with van der Waals surface area (Å²) in [4.78, 5) is 19.7. The normalized spacial score (nSPS) is 15.8. The highest BCUT2D eigenvalue weighted by atomic mass is 35.5. The second-order valence-electron chi connectivity index (χ2n) is 8.93. The molecule has 1 atom stereocenters. The van der Waals surface area contributed by atoms with Crippen molar-refractivity contribution < 1.29 is 9.53 Å². The van der Waals surface area contributed by atoms with E-state index in [1.807, 2.05) is 67.6 Å². The molecule has 1 amide bonds. The third-order valence-corrected chi connectivity index (χ3v) is 7.24. The van der Waals surface area contributed by atoms with Crippen LogP contribution in [0.25, 0.3) is 11.0 Å². The Morgan fingerprint density at radius 3 is 2.63 bits per heavy atom. The summed E-state index contributed by atoms with van der Waals surface area (Å²) in [6, 6.07) is 21.4. The zero-order valence-electron chi connectivity index (χ0n) is 19.6. The molecule has 1 aromatic heterocycles. The first-order valence-electron chi connectivity index (χ1n) is 11.9. The van der Waals surface area contributed by atoms with Crippen molar-refractivity contribution in [3.8, 4) is 5.75 Å². The minimum absolute atomic E-state index is 0.0134. The standard InChI is InChI=1S/C28H27Cl2N3O2/c1-19-16-21(12-13-22(19)29)35-15-7-6-14-32-26-11-5-3-9-24(26)31-28(32)20-17-27(34)33(18-20)25-10-4-2-8-23(25)30/h2-5,8-13,16,20H,6-7,14-15,17-18H2,1H3. The molecule has 0 bridgehead atoms. The molecule has 35 heavy (non-hydrogen) atoms. The van der Waals surface area contributed by atoms with Crippen LogP contribution in [0.5, 0.6) is 5.75 Å². The summed E-state index contributed by atoms with van der Waals surface area (Å²) in [5, 5.41) is 1.33. The Hall–Kier alpha value is -3.02. The number of carbonyl (C=O) groups is 1. The van der Waals surface area contributed by atoms with E-state index in [-0.39, 0.29) is 11.8 Å². The molecule has 0 aliphatic carbocycles. The predicted octanol–water partition coefficient (Wildman–Crippen LogP) is 7.03. The van der Waals surface area contributed by atoms with Gasteiger partial charge in [0.25, 0.3) is 0 Å². The number of rotatable bonds is 8. The molecule has 180 valence electrons. The summed E-state index contributed by atoms with van der Waals surface area (Å²) >= 11 is 12.5. The lowest BCUT2D eigenvalue weighted by atomic mass is 10.1. The van der Waals surface area contributed by atoms with Gasteiger partial charge >= 0.3 is 0 Å². The Morgan fingerprint density at radius 2 is 1.80 bits per heavy atom. The second-order valence-corrected chi connectivity index (χ2v) is 9.75. The maximum Gasteiger partial charge on any atom is 0.227 e. The van der Waals surface area contributed by atoms with Crippen LogP contribution in [0, 0.1) is 6.92 Å². The van der Waals surface area contributed by atoms with Gasteiger partial charge in [0.15, 0.2) is 0 Å². The van der Waals surface area contributed by atoms with Gasteiger partial charge in [-0.3, -0.25) is 4.79 Å². The van der Waals surface area contributed by atoms with Crippen molar-refractivity contribution in [2.75, 3.05) is 18.1 Å². The lowest BCUT2D eigenvalue weighted by Gasteiger charge is -2.18. The zero-order chi connectivity index (χ0) is 24.4. The number of ether oxygens (including phenoxy) is 1. The molecule has 5 nitrogen and oxygen atoms in total. The molecule has 1 aliphatic heterocycles. The van der Waals surface area contributed by atoms with E-state index in [1.165, 1.54) is 0 Å². The summed E-state index contributed by atoms with van der Waals surface area (Å²) in [7, 11) is 0. The fraction of sp³-hybridized carbons (Fsp3) is 0.286. The number of imidazole rings is 1. The Labute approximate surface area is 215 Å². The Kier molecular flexibility index (Phi) is 6.98. The lowest BCUT2D eigenvalue weighted by molar-refractivity contribution is -0.117. The predicted molar refractivity (Wildman–Crippen MR) is 142 cm³/mol. The Bertz CT molecular complexity index is 1370. The maximum atomic E-state index is 12.9. The number of hydrogen-bond acceptors (Lipinski definition) is 3. The molecule has 1 aliphatic rings. The third kappa shape index (κ3) is 5.02. The van der Waals surface area contributed by atoms with Crippen molar-refractivity contribution in [3.63, 3.8) is 0 Å². The van der Waals surface area contributed by atoms with Crippen LogP contribution in [-0.4, -0.2) is 28.6 Å². The van der Waals surface area contributed by atoms with Gasteiger partial charge in [-0.05, 0) is 67.8 Å². The molecule has 1 unspecified atom stereocenters. The monoisotopic (exact) mass is 507 g/mol. The van der Waals surface area contributed by atoms with Gasteiger partial charge in [-0.25, -0.2) is 4.98 Å². The molecule has 1 saturated heterocycles. The largest absolute Gasteiger partial charge is 0.494 e. The van der Waals surface area contributed by atoms with Crippen LogP contribution < -0.4 is 9.64 Å². The first-order valence-corrected chi connectivity index (χ1v) is 12.7. The van der Waals surface area contributed by atoms with Gasteiger partial charge in [0.2, 0.25) is 5.91 Å². The van der Waals surface area contributed by atoms with Crippen LogP contribution in [-0.2, 0) is 11.3 Å². The summed E-state index contributed by atoms with van der Waals surface area (Å²) in [5.74, 6) is 1.89. The summed E-state index contributed by atoms with van der Waals surface area (Å²) in [6.07, 6.45) is 2.27. The highest BCUT2D eigenvalue weighted by molar-refractivity contribution is 6.33. The summed E-state index contributed by atoms with van der Waals surface area (Å²) in [6.45, 7) is 3.99. The number of aromatic nitrogens is 2. The molecular formula is C28H27Cl2N3O2. The second kappa shape index (κ2) is 10.3. The van der Waals surface area contributed by atoms with Crippen LogP contribution in [0.2, 0.25) is 10.0 Å². The highest BCUT2D eigenvalue weighted by Crippen LogP contribution is 2.36. The molecule has 0 spiro atoms. The van der Waals surface area contributed by atoms with Crippen molar-refractivity contribution in [2.45, 2.75) is 38.6 Å².